The Bertz CT molecular complexity index is 521. The van der Waals surface area contributed by atoms with Gasteiger partial charge in [0.1, 0.15) is 0 Å². The molecule has 0 aliphatic carbocycles. The highest BCUT2D eigenvalue weighted by molar-refractivity contribution is 5.92. The summed E-state index contributed by atoms with van der Waals surface area (Å²) in [6.45, 7) is 2.60. The zero-order valence-electron chi connectivity index (χ0n) is 10.8. The van der Waals surface area contributed by atoms with Crippen LogP contribution in [0.25, 0.3) is 0 Å². The number of halogens is 3. The smallest absolute Gasteiger partial charge is 0.325 e. The number of nitrogens with zero attached hydrogens (tertiary/aromatic N) is 1. The van der Waals surface area contributed by atoms with Crippen LogP contribution in [0, 0.1) is 11.3 Å². The number of anilines is 1. The van der Waals surface area contributed by atoms with Gasteiger partial charge in [-0.1, -0.05) is 6.92 Å². The molecule has 0 aliphatic heterocycles. The molecule has 1 aromatic rings. The highest BCUT2D eigenvalue weighted by Gasteiger charge is 2.33. The largest absolute Gasteiger partial charge is 0.417 e. The highest BCUT2D eigenvalue weighted by Crippen LogP contribution is 2.33. The molecule has 1 amide bonds. The monoisotopic (exact) mass is 285 g/mol. The molecule has 0 radical (unpaired) electrons. The van der Waals surface area contributed by atoms with Crippen molar-refractivity contribution in [3.8, 4) is 6.07 Å². The highest BCUT2D eigenvalue weighted by atomic mass is 19.4. The Kier molecular flexibility index (Phi) is 5.53. The van der Waals surface area contributed by atoms with E-state index in [-0.39, 0.29) is 12.2 Å². The minimum Gasteiger partial charge on any atom is -0.325 e. The lowest BCUT2D eigenvalue weighted by Gasteiger charge is -2.11. The van der Waals surface area contributed by atoms with Crippen LogP contribution in [0.4, 0.5) is 18.9 Å². The molecule has 0 atom stereocenters. The fourth-order valence-electron chi connectivity index (χ4n) is 1.54. The van der Waals surface area contributed by atoms with Gasteiger partial charge in [-0.25, -0.2) is 0 Å². The number of alkyl halides is 3. The number of benzene rings is 1. The number of carbonyl (C=O) groups excluding carboxylic acids is 1. The van der Waals surface area contributed by atoms with E-state index < -0.39 is 23.2 Å². The molecule has 2 N–H and O–H groups in total. The standard InChI is InChI=1S/C13H14F3N3O/c1-2-5-18-8-12(20)19-10-4-3-9(7-17)11(6-10)13(14,15)16/h3-4,6,18H,2,5,8H2,1H3,(H,19,20). The summed E-state index contributed by atoms with van der Waals surface area (Å²) in [5.74, 6) is -0.434. The molecule has 0 bridgehead atoms. The zero-order valence-corrected chi connectivity index (χ0v) is 10.8. The molecule has 0 fully saturated rings. The third-order valence-electron chi connectivity index (χ3n) is 2.44. The van der Waals surface area contributed by atoms with E-state index in [1.165, 1.54) is 12.1 Å². The first kappa shape index (κ1) is 16.0. The average Bonchev–Trinajstić information content (AvgIpc) is 2.38. The van der Waals surface area contributed by atoms with Crippen LogP contribution in [0.2, 0.25) is 0 Å². The fraction of sp³-hybridized carbons (Fsp3) is 0.385. The van der Waals surface area contributed by atoms with E-state index in [4.69, 9.17) is 5.26 Å². The third-order valence-corrected chi connectivity index (χ3v) is 2.44. The summed E-state index contributed by atoms with van der Waals surface area (Å²) < 4.78 is 38.2. The van der Waals surface area contributed by atoms with Gasteiger partial charge in [-0.2, -0.15) is 18.4 Å². The Morgan fingerprint density at radius 1 is 1.40 bits per heavy atom. The van der Waals surface area contributed by atoms with Crippen LogP contribution in [0.15, 0.2) is 18.2 Å². The summed E-state index contributed by atoms with van der Waals surface area (Å²) in [5.41, 5.74) is -1.52. The first-order valence-corrected chi connectivity index (χ1v) is 6.00. The maximum Gasteiger partial charge on any atom is 0.417 e. The first-order chi connectivity index (χ1) is 9.38. The lowest BCUT2D eigenvalue weighted by Crippen LogP contribution is -2.28. The number of hydrogen-bond donors (Lipinski definition) is 2. The van der Waals surface area contributed by atoms with Crippen LogP contribution in [-0.2, 0) is 11.0 Å². The predicted octanol–water partition coefficient (Wildman–Crippen LogP) is 2.52. The van der Waals surface area contributed by atoms with Crippen molar-refractivity contribution in [2.75, 3.05) is 18.4 Å². The van der Waals surface area contributed by atoms with Gasteiger partial charge in [0.25, 0.3) is 0 Å². The second-order valence-corrected chi connectivity index (χ2v) is 4.09. The van der Waals surface area contributed by atoms with Crippen molar-refractivity contribution in [2.45, 2.75) is 19.5 Å². The van der Waals surface area contributed by atoms with Gasteiger partial charge < -0.3 is 10.6 Å². The van der Waals surface area contributed by atoms with Crippen LogP contribution in [0.5, 0.6) is 0 Å². The van der Waals surface area contributed by atoms with Gasteiger partial charge in [-0.3, -0.25) is 4.79 Å². The predicted molar refractivity (Wildman–Crippen MR) is 67.9 cm³/mol. The van der Waals surface area contributed by atoms with Crippen molar-refractivity contribution in [1.29, 1.82) is 5.26 Å². The van der Waals surface area contributed by atoms with Gasteiger partial charge in [-0.05, 0) is 31.2 Å². The first-order valence-electron chi connectivity index (χ1n) is 6.00. The number of amides is 1. The van der Waals surface area contributed by atoms with Crippen molar-refractivity contribution in [1.82, 2.24) is 5.32 Å². The second-order valence-electron chi connectivity index (χ2n) is 4.09. The molecule has 0 saturated carbocycles. The summed E-state index contributed by atoms with van der Waals surface area (Å²) in [7, 11) is 0. The number of nitriles is 1. The lowest BCUT2D eigenvalue weighted by atomic mass is 10.1. The van der Waals surface area contributed by atoms with Crippen LogP contribution in [0.3, 0.4) is 0 Å². The summed E-state index contributed by atoms with van der Waals surface area (Å²) in [6, 6.07) is 4.55. The molecule has 0 aromatic heterocycles. The maximum atomic E-state index is 12.7. The van der Waals surface area contributed by atoms with Gasteiger partial charge in [-0.15, -0.1) is 0 Å². The summed E-state index contributed by atoms with van der Waals surface area (Å²) in [6.07, 6.45) is -3.78. The molecule has 0 aliphatic rings. The van der Waals surface area contributed by atoms with Crippen molar-refractivity contribution in [3.05, 3.63) is 29.3 Å². The molecule has 20 heavy (non-hydrogen) atoms. The Labute approximate surface area is 114 Å². The Morgan fingerprint density at radius 3 is 2.65 bits per heavy atom. The van der Waals surface area contributed by atoms with Crippen molar-refractivity contribution < 1.29 is 18.0 Å². The molecule has 7 heteroatoms. The minimum atomic E-state index is -4.63. The van der Waals surface area contributed by atoms with Gasteiger partial charge >= 0.3 is 6.18 Å². The Balaban J connectivity index is 2.83. The molecule has 0 heterocycles. The summed E-state index contributed by atoms with van der Waals surface area (Å²) in [4.78, 5) is 11.5. The van der Waals surface area contributed by atoms with E-state index >= 15 is 0 Å². The normalized spacial score (nSPS) is 10.9. The molecule has 1 rings (SSSR count). The minimum absolute atomic E-state index is 0.0135. The summed E-state index contributed by atoms with van der Waals surface area (Å²) in [5, 5.41) is 13.8. The molecular formula is C13H14F3N3O. The summed E-state index contributed by atoms with van der Waals surface area (Å²) >= 11 is 0. The van der Waals surface area contributed by atoms with E-state index in [1.807, 2.05) is 6.92 Å². The van der Waals surface area contributed by atoms with E-state index in [2.05, 4.69) is 10.6 Å². The van der Waals surface area contributed by atoms with Crippen LogP contribution >= 0.6 is 0 Å². The van der Waals surface area contributed by atoms with Gasteiger partial charge in [0, 0.05) is 5.69 Å². The Morgan fingerprint density at radius 2 is 2.10 bits per heavy atom. The van der Waals surface area contributed by atoms with Gasteiger partial charge in [0.05, 0.1) is 23.7 Å². The molecule has 0 spiro atoms. The van der Waals surface area contributed by atoms with Crippen LogP contribution in [-0.4, -0.2) is 19.0 Å². The number of carbonyl (C=O) groups is 1. The fourth-order valence-corrected chi connectivity index (χ4v) is 1.54. The molecule has 0 unspecified atom stereocenters. The molecule has 1 aromatic carbocycles. The van der Waals surface area contributed by atoms with Gasteiger partial charge in [0.15, 0.2) is 0 Å². The second kappa shape index (κ2) is 6.91. The number of nitrogens with one attached hydrogen (secondary N) is 2. The lowest BCUT2D eigenvalue weighted by molar-refractivity contribution is -0.137. The molecule has 4 nitrogen and oxygen atoms in total. The third kappa shape index (κ3) is 4.55. The quantitative estimate of drug-likeness (QED) is 0.817. The maximum absolute atomic E-state index is 12.7. The molecule has 0 saturated heterocycles. The number of hydrogen-bond acceptors (Lipinski definition) is 3. The van der Waals surface area contributed by atoms with Gasteiger partial charge in [0.2, 0.25) is 5.91 Å². The molecule has 108 valence electrons. The van der Waals surface area contributed by atoms with Crippen LogP contribution < -0.4 is 10.6 Å². The van der Waals surface area contributed by atoms with Crippen LogP contribution in [0.1, 0.15) is 24.5 Å². The van der Waals surface area contributed by atoms with E-state index in [0.29, 0.717) is 6.54 Å². The zero-order chi connectivity index (χ0) is 15.2. The SMILES string of the molecule is CCCNCC(=O)Nc1ccc(C#N)c(C(F)(F)F)c1. The average molecular weight is 285 g/mol. The van der Waals surface area contributed by atoms with E-state index in [1.54, 1.807) is 0 Å². The van der Waals surface area contributed by atoms with E-state index in [0.717, 1.165) is 18.6 Å². The van der Waals surface area contributed by atoms with Crippen molar-refractivity contribution in [3.63, 3.8) is 0 Å². The van der Waals surface area contributed by atoms with E-state index in [9.17, 15) is 18.0 Å². The topological polar surface area (TPSA) is 64.9 Å². The molecular weight excluding hydrogens is 271 g/mol. The van der Waals surface area contributed by atoms with Crippen molar-refractivity contribution >= 4 is 11.6 Å². The number of rotatable bonds is 5. The Hall–Kier alpha value is -2.07. The van der Waals surface area contributed by atoms with Crippen molar-refractivity contribution in [2.24, 2.45) is 0 Å².